The highest BCUT2D eigenvalue weighted by Gasteiger charge is 2.16. The Morgan fingerprint density at radius 3 is 2.29 bits per heavy atom. The van der Waals surface area contributed by atoms with Gasteiger partial charge in [-0.25, -0.2) is 0 Å². The van der Waals surface area contributed by atoms with Crippen molar-refractivity contribution in [3.05, 3.63) is 59.1 Å². The molecule has 1 N–H and O–H groups in total. The highest BCUT2D eigenvalue weighted by molar-refractivity contribution is 6.30. The van der Waals surface area contributed by atoms with Gasteiger partial charge in [0.25, 0.3) is 0 Å². The minimum Gasteiger partial charge on any atom is -0.550 e. The van der Waals surface area contributed by atoms with Crippen LogP contribution in [0.25, 0.3) is 0 Å². The number of carboxylic acids is 1. The molecule has 0 saturated carbocycles. The maximum absolute atomic E-state index is 12.1. The van der Waals surface area contributed by atoms with Crippen LogP contribution in [0.3, 0.4) is 0 Å². The molecular formula is C18H17ClNO4-. The number of carboxylic acid groups (broad SMARTS) is 1. The third-order valence-electron chi connectivity index (χ3n) is 3.53. The number of benzene rings is 2. The van der Waals surface area contributed by atoms with E-state index in [-0.39, 0.29) is 18.7 Å². The van der Waals surface area contributed by atoms with Crippen LogP contribution in [0.2, 0.25) is 5.02 Å². The first-order valence-electron chi connectivity index (χ1n) is 7.37. The third-order valence-corrected chi connectivity index (χ3v) is 3.79. The van der Waals surface area contributed by atoms with Gasteiger partial charge in [-0.15, -0.1) is 0 Å². The molecule has 126 valence electrons. The smallest absolute Gasteiger partial charge is 0.225 e. The minimum atomic E-state index is -1.25. The number of methoxy groups -OCH3 is 1. The number of aliphatic carboxylic acids is 1. The fraction of sp³-hybridized carbons (Fsp3) is 0.222. The summed E-state index contributed by atoms with van der Waals surface area (Å²) in [7, 11) is 1.55. The van der Waals surface area contributed by atoms with Crippen LogP contribution < -0.4 is 15.2 Å². The van der Waals surface area contributed by atoms with Crippen molar-refractivity contribution in [1.29, 1.82) is 0 Å². The molecule has 2 aromatic rings. The number of anilines is 1. The van der Waals surface area contributed by atoms with Crippen molar-refractivity contribution in [3.8, 4) is 5.75 Å². The number of halogens is 1. The first-order valence-corrected chi connectivity index (χ1v) is 7.75. The van der Waals surface area contributed by atoms with Crippen molar-refractivity contribution in [1.82, 2.24) is 0 Å². The van der Waals surface area contributed by atoms with E-state index in [4.69, 9.17) is 16.3 Å². The Morgan fingerprint density at radius 1 is 1.12 bits per heavy atom. The minimum absolute atomic E-state index is 0.170. The average molecular weight is 347 g/mol. The summed E-state index contributed by atoms with van der Waals surface area (Å²) in [5, 5.41) is 14.5. The Kier molecular flexibility index (Phi) is 6.21. The van der Waals surface area contributed by atoms with E-state index in [1.807, 2.05) is 0 Å². The molecule has 0 saturated heterocycles. The van der Waals surface area contributed by atoms with E-state index >= 15 is 0 Å². The largest absolute Gasteiger partial charge is 0.550 e. The van der Waals surface area contributed by atoms with Gasteiger partial charge in [0.2, 0.25) is 5.91 Å². The Bertz CT molecular complexity index is 698. The van der Waals surface area contributed by atoms with Crippen molar-refractivity contribution in [2.75, 3.05) is 12.4 Å². The first-order chi connectivity index (χ1) is 11.5. The molecule has 0 spiro atoms. The molecule has 0 bridgehead atoms. The fourth-order valence-corrected chi connectivity index (χ4v) is 2.38. The number of ether oxygens (including phenoxy) is 1. The molecular weight excluding hydrogens is 330 g/mol. The molecule has 0 fully saturated rings. The van der Waals surface area contributed by atoms with Crippen molar-refractivity contribution < 1.29 is 19.4 Å². The number of carbonyl (C=O) groups is 2. The molecule has 6 heteroatoms. The van der Waals surface area contributed by atoms with E-state index in [9.17, 15) is 14.7 Å². The lowest BCUT2D eigenvalue weighted by Crippen LogP contribution is -2.35. The molecule has 24 heavy (non-hydrogen) atoms. The number of hydrogen-bond donors (Lipinski definition) is 1. The van der Waals surface area contributed by atoms with Crippen LogP contribution in [0.15, 0.2) is 48.5 Å². The van der Waals surface area contributed by atoms with Crippen LogP contribution in [0, 0.1) is 5.92 Å². The molecule has 0 radical (unpaired) electrons. The molecule has 5 nitrogen and oxygen atoms in total. The summed E-state index contributed by atoms with van der Waals surface area (Å²) in [6.45, 7) is 0. The molecule has 2 rings (SSSR count). The Hall–Kier alpha value is -2.53. The molecule has 0 aliphatic heterocycles. The van der Waals surface area contributed by atoms with E-state index in [0.29, 0.717) is 16.5 Å². The second-order valence-electron chi connectivity index (χ2n) is 5.33. The Balaban J connectivity index is 1.97. The van der Waals surface area contributed by atoms with Gasteiger partial charge in [0, 0.05) is 29.0 Å². The monoisotopic (exact) mass is 346 g/mol. The van der Waals surface area contributed by atoms with Gasteiger partial charge in [0.15, 0.2) is 0 Å². The van der Waals surface area contributed by atoms with E-state index in [1.54, 1.807) is 55.6 Å². The van der Waals surface area contributed by atoms with Crippen molar-refractivity contribution in [2.45, 2.75) is 12.8 Å². The van der Waals surface area contributed by atoms with Gasteiger partial charge in [0.1, 0.15) is 5.75 Å². The second kappa shape index (κ2) is 8.36. The lowest BCUT2D eigenvalue weighted by atomic mass is 9.96. The Morgan fingerprint density at radius 2 is 1.75 bits per heavy atom. The third kappa shape index (κ3) is 5.28. The van der Waals surface area contributed by atoms with Gasteiger partial charge in [-0.3, -0.25) is 4.79 Å². The van der Waals surface area contributed by atoms with Crippen LogP contribution >= 0.6 is 11.6 Å². The van der Waals surface area contributed by atoms with Gasteiger partial charge in [-0.1, -0.05) is 23.7 Å². The summed E-state index contributed by atoms with van der Waals surface area (Å²) in [4.78, 5) is 23.4. The zero-order valence-corrected chi connectivity index (χ0v) is 13.9. The standard InChI is InChI=1S/C18H18ClNO4/c1-24-16-8-6-15(7-9-16)20-17(21)11-13(18(22)23)10-12-2-4-14(19)5-3-12/h2-9,13H,10-11H2,1H3,(H,20,21)(H,22,23)/p-1/t13-/m1/s1. The van der Waals surface area contributed by atoms with Crippen LogP contribution in [0.4, 0.5) is 5.69 Å². The topological polar surface area (TPSA) is 78.5 Å². The zero-order chi connectivity index (χ0) is 17.5. The maximum atomic E-state index is 12.1. The average Bonchev–Trinajstić information content (AvgIpc) is 2.56. The number of nitrogens with one attached hydrogen (secondary N) is 1. The van der Waals surface area contributed by atoms with Gasteiger partial charge >= 0.3 is 0 Å². The summed E-state index contributed by atoms with van der Waals surface area (Å²) in [5.74, 6) is -1.88. The summed E-state index contributed by atoms with van der Waals surface area (Å²) >= 11 is 5.81. The van der Waals surface area contributed by atoms with Crippen LogP contribution in [-0.4, -0.2) is 19.0 Å². The van der Waals surface area contributed by atoms with E-state index in [1.165, 1.54) is 0 Å². The van der Waals surface area contributed by atoms with Crippen molar-refractivity contribution in [2.24, 2.45) is 5.92 Å². The van der Waals surface area contributed by atoms with Crippen LogP contribution in [-0.2, 0) is 16.0 Å². The molecule has 1 amide bonds. The fourth-order valence-electron chi connectivity index (χ4n) is 2.25. The number of rotatable bonds is 7. The number of amides is 1. The van der Waals surface area contributed by atoms with Crippen LogP contribution in [0.1, 0.15) is 12.0 Å². The second-order valence-corrected chi connectivity index (χ2v) is 5.76. The van der Waals surface area contributed by atoms with E-state index < -0.39 is 11.9 Å². The van der Waals surface area contributed by atoms with Gasteiger partial charge in [-0.2, -0.15) is 0 Å². The molecule has 0 aliphatic carbocycles. The predicted molar refractivity (Wildman–Crippen MR) is 89.9 cm³/mol. The summed E-state index contributed by atoms with van der Waals surface area (Å²) in [6.07, 6.45) is 0.0342. The zero-order valence-electron chi connectivity index (χ0n) is 13.1. The molecule has 0 aromatic heterocycles. The molecule has 0 heterocycles. The Labute approximate surface area is 145 Å². The quantitative estimate of drug-likeness (QED) is 0.834. The first kappa shape index (κ1) is 17.8. The summed E-state index contributed by atoms with van der Waals surface area (Å²) in [6, 6.07) is 13.6. The van der Waals surface area contributed by atoms with Gasteiger partial charge in [0.05, 0.1) is 7.11 Å². The molecule has 2 aromatic carbocycles. The predicted octanol–water partition coefficient (Wildman–Crippen LogP) is 2.29. The molecule has 1 atom stereocenters. The van der Waals surface area contributed by atoms with Crippen LogP contribution in [0.5, 0.6) is 5.75 Å². The highest BCUT2D eigenvalue weighted by Crippen LogP contribution is 2.18. The molecule has 0 unspecified atom stereocenters. The normalized spacial score (nSPS) is 11.6. The highest BCUT2D eigenvalue weighted by atomic mass is 35.5. The molecule has 0 aliphatic rings. The lowest BCUT2D eigenvalue weighted by Gasteiger charge is -2.18. The SMILES string of the molecule is COc1ccc(NC(=O)C[C@@H](Cc2ccc(Cl)cc2)C(=O)[O-])cc1. The van der Waals surface area contributed by atoms with E-state index in [2.05, 4.69) is 5.32 Å². The summed E-state index contributed by atoms with van der Waals surface area (Å²) < 4.78 is 5.04. The number of hydrogen-bond acceptors (Lipinski definition) is 4. The summed E-state index contributed by atoms with van der Waals surface area (Å²) in [5.41, 5.74) is 1.36. The van der Waals surface area contributed by atoms with Crippen molar-refractivity contribution in [3.63, 3.8) is 0 Å². The lowest BCUT2D eigenvalue weighted by molar-refractivity contribution is -0.311. The van der Waals surface area contributed by atoms with Crippen molar-refractivity contribution >= 4 is 29.2 Å². The van der Waals surface area contributed by atoms with Gasteiger partial charge in [-0.05, 0) is 48.4 Å². The maximum Gasteiger partial charge on any atom is 0.225 e. The van der Waals surface area contributed by atoms with Gasteiger partial charge < -0.3 is 20.0 Å². The number of carbonyl (C=O) groups excluding carboxylic acids is 2. The van der Waals surface area contributed by atoms with E-state index in [0.717, 1.165) is 5.56 Å².